The van der Waals surface area contributed by atoms with Gasteiger partial charge >= 0.3 is 6.03 Å². The van der Waals surface area contributed by atoms with E-state index in [2.05, 4.69) is 0 Å². The van der Waals surface area contributed by atoms with Gasteiger partial charge in [-0.15, -0.1) is 0 Å². The standard InChI is InChI=1S/C8H10FIN4O/c9-4-5-2-1-3-6(7(5)10)14(12)8(15)13-11/h1-3H,4,11-12H2,(H,13,15). The monoisotopic (exact) mass is 324 g/mol. The molecule has 82 valence electrons. The van der Waals surface area contributed by atoms with Crippen molar-refractivity contribution in [3.05, 3.63) is 27.3 Å². The molecule has 0 aliphatic carbocycles. The summed E-state index contributed by atoms with van der Waals surface area (Å²) in [7, 11) is 0. The number of hydrogen-bond donors (Lipinski definition) is 3. The number of anilines is 1. The fourth-order valence-corrected chi connectivity index (χ4v) is 1.80. The first-order valence-electron chi connectivity index (χ1n) is 4.00. The molecule has 1 rings (SSSR count). The number of nitrogens with one attached hydrogen (secondary N) is 1. The van der Waals surface area contributed by atoms with Gasteiger partial charge < -0.3 is 0 Å². The average molecular weight is 324 g/mol. The maximum Gasteiger partial charge on any atom is 0.350 e. The van der Waals surface area contributed by atoms with Crippen LogP contribution in [0, 0.1) is 3.57 Å². The van der Waals surface area contributed by atoms with Crippen LogP contribution in [0.15, 0.2) is 18.2 Å². The Hall–Kier alpha value is -0.930. The molecule has 0 aliphatic rings. The average Bonchev–Trinajstić information content (AvgIpc) is 2.27. The summed E-state index contributed by atoms with van der Waals surface area (Å²) in [6, 6.07) is 4.19. The van der Waals surface area contributed by atoms with Gasteiger partial charge in [-0.3, -0.25) is 5.43 Å². The fraction of sp³-hybridized carbons (Fsp3) is 0.125. The van der Waals surface area contributed by atoms with Gasteiger partial charge in [0.25, 0.3) is 0 Å². The topological polar surface area (TPSA) is 84.4 Å². The Bertz CT molecular complexity index is 374. The normalized spacial score (nSPS) is 9.87. The van der Waals surface area contributed by atoms with Gasteiger partial charge in [-0.05, 0) is 34.2 Å². The van der Waals surface area contributed by atoms with Crippen LogP contribution in [0.2, 0.25) is 0 Å². The van der Waals surface area contributed by atoms with E-state index in [9.17, 15) is 9.18 Å². The molecular formula is C8H10FIN4O. The molecule has 0 spiro atoms. The number of hydrazine groups is 2. The molecule has 0 aliphatic heterocycles. The number of alkyl halides is 1. The van der Waals surface area contributed by atoms with Crippen molar-refractivity contribution in [3.63, 3.8) is 0 Å². The van der Waals surface area contributed by atoms with Crippen LogP contribution in [0.5, 0.6) is 0 Å². The van der Waals surface area contributed by atoms with E-state index in [1.54, 1.807) is 18.2 Å². The highest BCUT2D eigenvalue weighted by Gasteiger charge is 2.14. The Kier molecular flexibility index (Phi) is 4.24. The van der Waals surface area contributed by atoms with E-state index < -0.39 is 12.7 Å². The molecule has 0 unspecified atom stereocenters. The highest BCUT2D eigenvalue weighted by molar-refractivity contribution is 14.1. The Morgan fingerprint density at radius 2 is 2.27 bits per heavy atom. The predicted molar refractivity (Wildman–Crippen MR) is 63.4 cm³/mol. The summed E-state index contributed by atoms with van der Waals surface area (Å²) in [5.74, 6) is 10.4. The molecule has 0 saturated carbocycles. The zero-order valence-electron chi connectivity index (χ0n) is 7.71. The first-order valence-corrected chi connectivity index (χ1v) is 5.08. The molecule has 0 atom stereocenters. The quantitative estimate of drug-likeness (QED) is 0.329. The van der Waals surface area contributed by atoms with Gasteiger partial charge in [0.2, 0.25) is 0 Å². The van der Waals surface area contributed by atoms with Crippen molar-refractivity contribution in [1.82, 2.24) is 5.43 Å². The molecule has 0 aromatic heterocycles. The molecule has 0 heterocycles. The number of benzene rings is 1. The molecule has 0 bridgehead atoms. The van der Waals surface area contributed by atoms with Gasteiger partial charge in [0.1, 0.15) is 6.67 Å². The molecule has 1 aromatic rings. The third-order valence-corrected chi connectivity index (χ3v) is 3.05. The number of rotatable bonds is 2. The van der Waals surface area contributed by atoms with Crippen LogP contribution in [0.25, 0.3) is 0 Å². The molecular weight excluding hydrogens is 314 g/mol. The molecule has 5 nitrogen and oxygen atoms in total. The minimum Gasteiger partial charge on any atom is -0.274 e. The maximum atomic E-state index is 12.5. The lowest BCUT2D eigenvalue weighted by molar-refractivity contribution is 0.246. The van der Waals surface area contributed by atoms with Crippen molar-refractivity contribution in [2.45, 2.75) is 6.67 Å². The number of amides is 2. The van der Waals surface area contributed by atoms with E-state index in [0.717, 1.165) is 5.01 Å². The first kappa shape index (κ1) is 12.1. The summed E-state index contributed by atoms with van der Waals surface area (Å²) in [6.07, 6.45) is 0. The number of nitrogens with two attached hydrogens (primary N) is 2. The second-order valence-electron chi connectivity index (χ2n) is 2.70. The van der Waals surface area contributed by atoms with E-state index in [4.69, 9.17) is 11.7 Å². The lowest BCUT2D eigenvalue weighted by Crippen LogP contribution is -2.48. The minimum absolute atomic E-state index is 0.411. The molecule has 15 heavy (non-hydrogen) atoms. The van der Waals surface area contributed by atoms with Gasteiger partial charge in [0.05, 0.1) is 5.69 Å². The Morgan fingerprint density at radius 1 is 1.60 bits per heavy atom. The smallest absolute Gasteiger partial charge is 0.274 e. The van der Waals surface area contributed by atoms with Crippen LogP contribution in [-0.2, 0) is 6.67 Å². The van der Waals surface area contributed by atoms with Crippen molar-refractivity contribution in [2.24, 2.45) is 11.7 Å². The largest absolute Gasteiger partial charge is 0.350 e. The number of carbonyl (C=O) groups is 1. The molecule has 7 heteroatoms. The zero-order valence-corrected chi connectivity index (χ0v) is 9.86. The molecule has 0 fully saturated rings. The van der Waals surface area contributed by atoms with Crippen LogP contribution in [0.1, 0.15) is 5.56 Å². The summed E-state index contributed by atoms with van der Waals surface area (Å²) < 4.78 is 13.1. The Labute approximate surface area is 99.7 Å². The van der Waals surface area contributed by atoms with Crippen LogP contribution < -0.4 is 22.1 Å². The first-order chi connectivity index (χ1) is 7.11. The third kappa shape index (κ3) is 2.55. The Morgan fingerprint density at radius 3 is 2.80 bits per heavy atom. The minimum atomic E-state index is -0.663. The van der Waals surface area contributed by atoms with E-state index in [1.807, 2.05) is 28.0 Å². The highest BCUT2D eigenvalue weighted by atomic mass is 127. The molecule has 5 N–H and O–H groups in total. The van der Waals surface area contributed by atoms with Gasteiger partial charge in [0.15, 0.2) is 0 Å². The highest BCUT2D eigenvalue weighted by Crippen LogP contribution is 2.24. The van der Waals surface area contributed by atoms with Gasteiger partial charge in [-0.25, -0.2) is 25.9 Å². The van der Waals surface area contributed by atoms with Crippen LogP contribution in [-0.4, -0.2) is 6.03 Å². The number of hydrogen-bond acceptors (Lipinski definition) is 3. The Balaban J connectivity index is 3.09. The second kappa shape index (κ2) is 5.24. The van der Waals surface area contributed by atoms with Crippen molar-refractivity contribution in [1.29, 1.82) is 0 Å². The van der Waals surface area contributed by atoms with Crippen molar-refractivity contribution < 1.29 is 9.18 Å². The van der Waals surface area contributed by atoms with E-state index in [1.165, 1.54) is 0 Å². The number of urea groups is 1. The summed E-state index contributed by atoms with van der Waals surface area (Å²) in [4.78, 5) is 11.1. The van der Waals surface area contributed by atoms with Crippen molar-refractivity contribution in [3.8, 4) is 0 Å². The third-order valence-electron chi connectivity index (χ3n) is 1.80. The van der Waals surface area contributed by atoms with E-state index >= 15 is 0 Å². The SMILES string of the molecule is NNC(=O)N(N)c1cccc(CF)c1I. The van der Waals surface area contributed by atoms with E-state index in [-0.39, 0.29) is 0 Å². The summed E-state index contributed by atoms with van der Waals surface area (Å²) in [5, 5.41) is 0.834. The second-order valence-corrected chi connectivity index (χ2v) is 3.78. The molecule has 0 radical (unpaired) electrons. The molecule has 2 amide bonds. The lowest BCUT2D eigenvalue weighted by atomic mass is 10.2. The number of nitrogens with zero attached hydrogens (tertiary/aromatic N) is 1. The lowest BCUT2D eigenvalue weighted by Gasteiger charge is -2.18. The summed E-state index contributed by atoms with van der Waals surface area (Å²) in [6.45, 7) is -0.607. The van der Waals surface area contributed by atoms with Crippen LogP contribution >= 0.6 is 22.6 Å². The molecule has 1 aromatic carbocycles. The summed E-state index contributed by atoms with van der Waals surface area (Å²) in [5.41, 5.74) is 2.78. The number of halogens is 2. The maximum absolute atomic E-state index is 12.5. The van der Waals surface area contributed by atoms with Crippen molar-refractivity contribution >= 4 is 34.3 Å². The van der Waals surface area contributed by atoms with Crippen LogP contribution in [0.4, 0.5) is 14.9 Å². The predicted octanol–water partition coefficient (Wildman–Crippen LogP) is 1.02. The fourth-order valence-electron chi connectivity index (χ4n) is 1.03. The van der Waals surface area contributed by atoms with Gasteiger partial charge in [-0.2, -0.15) is 0 Å². The van der Waals surface area contributed by atoms with Gasteiger partial charge in [0, 0.05) is 3.57 Å². The van der Waals surface area contributed by atoms with E-state index in [0.29, 0.717) is 14.8 Å². The van der Waals surface area contributed by atoms with Crippen molar-refractivity contribution in [2.75, 3.05) is 5.01 Å². The van der Waals surface area contributed by atoms with Crippen LogP contribution in [0.3, 0.4) is 0 Å². The summed E-state index contributed by atoms with van der Waals surface area (Å²) >= 11 is 1.92. The van der Waals surface area contributed by atoms with Gasteiger partial charge in [-0.1, -0.05) is 12.1 Å². The molecule has 0 saturated heterocycles. The zero-order chi connectivity index (χ0) is 11.4. The number of carbonyl (C=O) groups excluding carboxylic acids is 1.